The normalized spacial score (nSPS) is 29.9. The number of likely N-dealkylation sites (N-methyl/N-ethyl adjacent to an activating group) is 1. The van der Waals surface area contributed by atoms with Crippen LogP contribution in [-0.4, -0.2) is 67.6 Å². The first-order valence-corrected chi connectivity index (χ1v) is 11.1. The predicted octanol–water partition coefficient (Wildman–Crippen LogP) is 2.71. The van der Waals surface area contributed by atoms with Gasteiger partial charge in [0.15, 0.2) is 6.08 Å². The van der Waals surface area contributed by atoms with E-state index in [-0.39, 0.29) is 35.7 Å². The zero-order valence-electron chi connectivity index (χ0n) is 18.7. The van der Waals surface area contributed by atoms with Gasteiger partial charge in [-0.3, -0.25) is 4.79 Å². The van der Waals surface area contributed by atoms with Gasteiger partial charge in [0, 0.05) is 19.4 Å². The van der Waals surface area contributed by atoms with E-state index in [1.165, 1.54) is 0 Å². The fourth-order valence-corrected chi connectivity index (χ4v) is 5.33. The minimum absolute atomic E-state index is 0. The van der Waals surface area contributed by atoms with Gasteiger partial charge in [-0.2, -0.15) is 0 Å². The van der Waals surface area contributed by atoms with Crippen molar-refractivity contribution >= 4 is 34.7 Å². The van der Waals surface area contributed by atoms with Crippen molar-refractivity contribution < 1.29 is 28.6 Å². The monoisotopic (exact) mass is 516 g/mol. The minimum atomic E-state index is -0.725. The molecule has 0 radical (unpaired) electrons. The smallest absolute Gasteiger partial charge is 0.314 e. The number of esters is 1. The van der Waals surface area contributed by atoms with Gasteiger partial charge in [0.1, 0.15) is 30.4 Å². The van der Waals surface area contributed by atoms with Crippen LogP contribution >= 0.6 is 17.0 Å². The van der Waals surface area contributed by atoms with Crippen LogP contribution in [0.2, 0.25) is 0 Å². The van der Waals surface area contributed by atoms with Crippen LogP contribution in [0.4, 0.5) is 5.69 Å². The number of halogens is 1. The standard InChI is InChI=1S/C25H28N2O5.BrH/c1-27(2)20-13-18(14-21(27)23-22(20)32-23)31-24(28)19(16-9-5-3-6-10-16)15-30-25(29)26-17-11-7-4-8-12-17;/h3-12,18-23H,13-15H2,1-2H3;1H. The van der Waals surface area contributed by atoms with Gasteiger partial charge >= 0.3 is 5.97 Å². The zero-order chi connectivity index (χ0) is 22.3. The molecular formula is C25H29BrN2O5. The van der Waals surface area contributed by atoms with Crippen molar-refractivity contribution in [2.24, 2.45) is 4.99 Å². The first-order chi connectivity index (χ1) is 15.4. The van der Waals surface area contributed by atoms with Crippen molar-refractivity contribution in [2.75, 3.05) is 20.7 Å². The van der Waals surface area contributed by atoms with Crippen LogP contribution in [0, 0.1) is 0 Å². The molecular weight excluding hydrogens is 488 g/mol. The number of aliphatic imine (C=N–C) groups is 1. The molecule has 0 spiro atoms. The van der Waals surface area contributed by atoms with E-state index in [0.717, 1.165) is 22.9 Å². The van der Waals surface area contributed by atoms with E-state index < -0.39 is 12.0 Å². The Balaban J connectivity index is 0.00000259. The summed E-state index contributed by atoms with van der Waals surface area (Å²) >= 11 is 0. The molecule has 3 fully saturated rings. The Morgan fingerprint density at radius 1 is 1.06 bits per heavy atom. The Labute approximate surface area is 204 Å². The van der Waals surface area contributed by atoms with Crippen molar-refractivity contribution in [2.45, 2.75) is 49.2 Å². The summed E-state index contributed by atoms with van der Waals surface area (Å²) in [6, 6.07) is 18.9. The molecule has 0 N–H and O–H groups in total. The van der Waals surface area contributed by atoms with Gasteiger partial charge in [0.2, 0.25) is 0 Å². The molecule has 3 aliphatic rings. The molecule has 2 bridgehead atoms. The fraction of sp³-hybridized carbons (Fsp3) is 0.440. The number of quaternary nitrogens is 1. The molecule has 5 atom stereocenters. The fourth-order valence-electron chi connectivity index (χ4n) is 5.33. The Morgan fingerprint density at radius 2 is 1.64 bits per heavy atom. The van der Waals surface area contributed by atoms with Gasteiger partial charge < -0.3 is 23.8 Å². The maximum Gasteiger partial charge on any atom is 0.314 e. The molecule has 3 heterocycles. The number of benzene rings is 2. The summed E-state index contributed by atoms with van der Waals surface area (Å²) in [4.78, 5) is 17.1. The summed E-state index contributed by atoms with van der Waals surface area (Å²) in [6.07, 6.45) is 1.31. The van der Waals surface area contributed by atoms with Crippen LogP contribution in [0.25, 0.3) is 0 Å². The van der Waals surface area contributed by atoms with Crippen LogP contribution in [0.3, 0.4) is 0 Å². The number of hydrogen-bond donors (Lipinski definition) is 0. The second kappa shape index (κ2) is 9.44. The first-order valence-electron chi connectivity index (χ1n) is 11.1. The van der Waals surface area contributed by atoms with E-state index >= 15 is 0 Å². The SMILES string of the molecule is Br.C[N+]1(C)C2CC(OC(=O)C(COC([O-])=Nc3ccccc3)c3ccccc3)CC1C1OC12. The summed E-state index contributed by atoms with van der Waals surface area (Å²) in [5.41, 5.74) is 1.27. The van der Waals surface area contributed by atoms with E-state index in [4.69, 9.17) is 14.2 Å². The van der Waals surface area contributed by atoms with Gasteiger partial charge in [-0.05, 0) is 17.7 Å². The third kappa shape index (κ3) is 4.78. The third-order valence-corrected chi connectivity index (χ3v) is 7.16. The highest BCUT2D eigenvalue weighted by atomic mass is 79.9. The van der Waals surface area contributed by atoms with Crippen LogP contribution in [-0.2, 0) is 19.0 Å². The highest BCUT2D eigenvalue weighted by Gasteiger charge is 2.70. The molecule has 33 heavy (non-hydrogen) atoms. The Morgan fingerprint density at radius 3 is 2.24 bits per heavy atom. The van der Waals surface area contributed by atoms with E-state index in [9.17, 15) is 9.90 Å². The van der Waals surface area contributed by atoms with Crippen LogP contribution in [0.5, 0.6) is 0 Å². The van der Waals surface area contributed by atoms with Crippen molar-refractivity contribution in [3.8, 4) is 0 Å². The van der Waals surface area contributed by atoms with Gasteiger partial charge in [0.25, 0.3) is 0 Å². The quantitative estimate of drug-likeness (QED) is 0.194. The molecule has 0 aromatic heterocycles. The molecule has 5 unspecified atom stereocenters. The zero-order valence-corrected chi connectivity index (χ0v) is 20.4. The lowest BCUT2D eigenvalue weighted by Gasteiger charge is -2.45. The summed E-state index contributed by atoms with van der Waals surface area (Å²) in [5.74, 6) is -1.06. The second-order valence-corrected chi connectivity index (χ2v) is 9.35. The average Bonchev–Trinajstić information content (AvgIpc) is 3.54. The average molecular weight is 517 g/mol. The Kier molecular flexibility index (Phi) is 6.79. The molecule has 0 amide bonds. The van der Waals surface area contributed by atoms with Crippen molar-refractivity contribution in [1.29, 1.82) is 0 Å². The van der Waals surface area contributed by atoms with Crippen LogP contribution < -0.4 is 5.11 Å². The lowest BCUT2D eigenvalue weighted by atomic mass is 9.95. The van der Waals surface area contributed by atoms with Crippen molar-refractivity contribution in [1.82, 2.24) is 0 Å². The molecule has 7 nitrogen and oxygen atoms in total. The maximum absolute atomic E-state index is 13.2. The van der Waals surface area contributed by atoms with Gasteiger partial charge in [0.05, 0.1) is 25.7 Å². The first kappa shape index (κ1) is 23.7. The number of rotatable bonds is 6. The topological polar surface area (TPSA) is 83.5 Å². The van der Waals surface area contributed by atoms with Crippen molar-refractivity contribution in [3.63, 3.8) is 0 Å². The molecule has 8 heteroatoms. The number of carbonyl (C=O) groups excluding carboxylic acids is 1. The maximum atomic E-state index is 13.2. The number of carbonyl (C=O) groups is 1. The molecule has 5 rings (SSSR count). The number of fused-ring (bicyclic) bond motifs is 5. The van der Waals surface area contributed by atoms with Gasteiger partial charge in [-0.15, -0.1) is 17.0 Å². The molecule has 2 aromatic carbocycles. The van der Waals surface area contributed by atoms with E-state index in [1.807, 2.05) is 36.4 Å². The van der Waals surface area contributed by atoms with E-state index in [0.29, 0.717) is 30.0 Å². The van der Waals surface area contributed by atoms with Gasteiger partial charge in [-0.25, -0.2) is 4.99 Å². The number of epoxide rings is 1. The molecule has 2 aromatic rings. The molecule has 3 saturated heterocycles. The summed E-state index contributed by atoms with van der Waals surface area (Å²) in [6.45, 7) is -0.118. The highest BCUT2D eigenvalue weighted by molar-refractivity contribution is 8.93. The Hall–Kier alpha value is -2.42. The van der Waals surface area contributed by atoms with Gasteiger partial charge in [-0.1, -0.05) is 48.5 Å². The second-order valence-electron chi connectivity index (χ2n) is 9.35. The van der Waals surface area contributed by atoms with Crippen molar-refractivity contribution in [3.05, 3.63) is 66.2 Å². The highest BCUT2D eigenvalue weighted by Crippen LogP contribution is 2.51. The molecule has 3 aliphatic heterocycles. The van der Waals surface area contributed by atoms with E-state index in [1.54, 1.807) is 24.3 Å². The number of nitrogens with zero attached hydrogens (tertiary/aromatic N) is 2. The largest absolute Gasteiger partial charge is 0.599 e. The minimum Gasteiger partial charge on any atom is -0.599 e. The molecule has 0 aliphatic carbocycles. The lowest BCUT2D eigenvalue weighted by molar-refractivity contribution is -0.938. The predicted molar refractivity (Wildman–Crippen MR) is 126 cm³/mol. The number of piperidine rings is 1. The number of hydrogen-bond acceptors (Lipinski definition) is 6. The number of ether oxygens (including phenoxy) is 3. The van der Waals surface area contributed by atoms with Crippen LogP contribution in [0.15, 0.2) is 65.7 Å². The molecule has 0 saturated carbocycles. The number of morpholine rings is 1. The Bertz CT molecular complexity index is 980. The summed E-state index contributed by atoms with van der Waals surface area (Å²) in [5, 5.41) is 12.2. The third-order valence-electron chi connectivity index (χ3n) is 7.16. The van der Waals surface area contributed by atoms with E-state index in [2.05, 4.69) is 19.1 Å². The number of para-hydroxylation sites is 1. The summed E-state index contributed by atoms with van der Waals surface area (Å²) in [7, 11) is 4.48. The summed E-state index contributed by atoms with van der Waals surface area (Å²) < 4.78 is 18.1. The lowest BCUT2D eigenvalue weighted by Crippen LogP contribution is -2.60. The molecule has 176 valence electrons. The van der Waals surface area contributed by atoms with Crippen LogP contribution in [0.1, 0.15) is 24.3 Å².